The van der Waals surface area contributed by atoms with E-state index in [-0.39, 0.29) is 18.1 Å². The van der Waals surface area contributed by atoms with Crippen molar-refractivity contribution in [1.82, 2.24) is 0 Å². The zero-order valence-corrected chi connectivity index (χ0v) is 13.1. The first-order valence-corrected chi connectivity index (χ1v) is 6.78. The second kappa shape index (κ2) is 8.10. The van der Waals surface area contributed by atoms with Gasteiger partial charge in [-0.25, -0.2) is 0 Å². The third-order valence-electron chi connectivity index (χ3n) is 3.25. The molecule has 118 valence electrons. The van der Waals surface area contributed by atoms with Crippen LogP contribution in [0.15, 0.2) is 48.5 Å². The van der Waals surface area contributed by atoms with Crippen LogP contribution in [0, 0.1) is 10.1 Å². The number of rotatable bonds is 5. The summed E-state index contributed by atoms with van der Waals surface area (Å²) < 4.78 is 0. The van der Waals surface area contributed by atoms with Crippen molar-refractivity contribution in [3.8, 4) is 0 Å². The predicted octanol–water partition coefficient (Wildman–Crippen LogP) is 3.27. The minimum atomic E-state index is -0.882. The smallest absolute Gasteiger partial charge is 0.269 e. The summed E-state index contributed by atoms with van der Waals surface area (Å²) in [5.74, 6) is 0. The number of hydrogen-bond donors (Lipinski definition) is 2. The van der Waals surface area contributed by atoms with Gasteiger partial charge in [0, 0.05) is 23.6 Å². The molecule has 22 heavy (non-hydrogen) atoms. The van der Waals surface area contributed by atoms with Gasteiger partial charge < -0.3 is 10.8 Å². The molecule has 0 aromatic heterocycles. The molecule has 2 atom stereocenters. The van der Waals surface area contributed by atoms with E-state index in [9.17, 15) is 15.2 Å². The van der Waals surface area contributed by atoms with Crippen molar-refractivity contribution in [2.75, 3.05) is 0 Å². The largest absolute Gasteiger partial charge is 0.391 e. The molecule has 0 saturated carbocycles. The zero-order chi connectivity index (χ0) is 15.4. The molecule has 2 rings (SSSR count). The number of nitro groups is 1. The van der Waals surface area contributed by atoms with Crippen LogP contribution < -0.4 is 5.73 Å². The van der Waals surface area contributed by atoms with E-state index in [0.717, 1.165) is 5.56 Å². The Balaban J connectivity index is 0.00000242. The molecule has 7 heteroatoms. The van der Waals surface area contributed by atoms with Gasteiger partial charge in [-0.3, -0.25) is 10.1 Å². The number of aliphatic hydroxyl groups is 1. The molecule has 0 aliphatic rings. The normalized spacial score (nSPS) is 13.0. The quantitative estimate of drug-likeness (QED) is 0.644. The van der Waals surface area contributed by atoms with Gasteiger partial charge >= 0.3 is 0 Å². The minimum absolute atomic E-state index is 0. The lowest BCUT2D eigenvalue weighted by Gasteiger charge is -2.20. The van der Waals surface area contributed by atoms with Crippen molar-refractivity contribution >= 4 is 29.7 Å². The SMILES string of the molecule is Cl.N[C@H](c1cc([N+](=O)[O-])ccc1Cl)[C@@H](O)Cc1ccccc1. The fourth-order valence-electron chi connectivity index (χ4n) is 2.09. The molecule has 2 aromatic carbocycles. The van der Waals surface area contributed by atoms with Crippen LogP contribution in [0.25, 0.3) is 0 Å². The highest BCUT2D eigenvalue weighted by molar-refractivity contribution is 6.31. The number of nitrogens with zero attached hydrogens (tertiary/aromatic N) is 1. The number of hydrogen-bond acceptors (Lipinski definition) is 4. The van der Waals surface area contributed by atoms with E-state index in [1.165, 1.54) is 18.2 Å². The minimum Gasteiger partial charge on any atom is -0.391 e. The van der Waals surface area contributed by atoms with E-state index in [2.05, 4.69) is 0 Å². The van der Waals surface area contributed by atoms with Crippen LogP contribution in [-0.4, -0.2) is 16.1 Å². The lowest BCUT2D eigenvalue weighted by molar-refractivity contribution is -0.384. The molecule has 0 fully saturated rings. The Labute approximate surface area is 139 Å². The van der Waals surface area contributed by atoms with Crippen LogP contribution in [0.3, 0.4) is 0 Å². The third-order valence-corrected chi connectivity index (χ3v) is 3.60. The summed E-state index contributed by atoms with van der Waals surface area (Å²) in [6.07, 6.45) is -0.534. The Kier molecular flexibility index (Phi) is 6.77. The summed E-state index contributed by atoms with van der Waals surface area (Å²) in [5, 5.41) is 21.3. The van der Waals surface area contributed by atoms with E-state index in [0.29, 0.717) is 17.0 Å². The van der Waals surface area contributed by atoms with E-state index in [1.807, 2.05) is 30.3 Å². The standard InChI is InChI=1S/C15H15ClN2O3.ClH/c16-13-7-6-11(18(20)21)9-12(13)15(17)14(19)8-10-4-2-1-3-5-10;/h1-7,9,14-15,19H,8,17H2;1H/t14-,15+;/m0./s1. The number of nitrogens with two attached hydrogens (primary N) is 1. The van der Waals surface area contributed by atoms with Crippen molar-refractivity contribution in [1.29, 1.82) is 0 Å². The highest BCUT2D eigenvalue weighted by Crippen LogP contribution is 2.28. The molecule has 0 saturated heterocycles. The highest BCUT2D eigenvalue weighted by Gasteiger charge is 2.22. The Morgan fingerprint density at radius 2 is 1.86 bits per heavy atom. The third kappa shape index (κ3) is 4.42. The van der Waals surface area contributed by atoms with Gasteiger partial charge in [-0.05, 0) is 17.2 Å². The molecular weight excluding hydrogens is 327 g/mol. The van der Waals surface area contributed by atoms with Crippen molar-refractivity contribution in [3.05, 3.63) is 74.8 Å². The monoisotopic (exact) mass is 342 g/mol. The molecule has 2 aromatic rings. The molecule has 0 aliphatic carbocycles. The Morgan fingerprint density at radius 1 is 1.23 bits per heavy atom. The lowest BCUT2D eigenvalue weighted by atomic mass is 9.96. The first-order chi connectivity index (χ1) is 9.99. The Morgan fingerprint density at radius 3 is 2.45 bits per heavy atom. The number of benzene rings is 2. The lowest BCUT2D eigenvalue weighted by Crippen LogP contribution is -2.28. The molecule has 0 unspecified atom stereocenters. The van der Waals surface area contributed by atoms with Crippen LogP contribution >= 0.6 is 24.0 Å². The fraction of sp³-hybridized carbons (Fsp3) is 0.200. The van der Waals surface area contributed by atoms with Gasteiger partial charge in [-0.1, -0.05) is 41.9 Å². The molecule has 0 spiro atoms. The summed E-state index contributed by atoms with van der Waals surface area (Å²) >= 11 is 6.03. The fourth-order valence-corrected chi connectivity index (χ4v) is 2.33. The second-order valence-electron chi connectivity index (χ2n) is 4.75. The van der Waals surface area contributed by atoms with Gasteiger partial charge in [0.25, 0.3) is 5.69 Å². The van der Waals surface area contributed by atoms with E-state index < -0.39 is 17.1 Å². The van der Waals surface area contributed by atoms with Crippen LogP contribution in [-0.2, 0) is 6.42 Å². The summed E-state index contributed by atoms with van der Waals surface area (Å²) in [6.45, 7) is 0. The Hall–Kier alpha value is -1.66. The summed E-state index contributed by atoms with van der Waals surface area (Å²) in [4.78, 5) is 10.3. The molecular formula is C15H16Cl2N2O3. The molecule has 0 aliphatic heterocycles. The molecule has 0 amide bonds. The van der Waals surface area contributed by atoms with Crippen LogP contribution in [0.2, 0.25) is 5.02 Å². The van der Waals surface area contributed by atoms with Crippen molar-refractivity contribution in [2.24, 2.45) is 5.73 Å². The van der Waals surface area contributed by atoms with Gasteiger partial charge in [0.15, 0.2) is 0 Å². The molecule has 0 heterocycles. The van der Waals surface area contributed by atoms with E-state index in [4.69, 9.17) is 17.3 Å². The highest BCUT2D eigenvalue weighted by atomic mass is 35.5. The van der Waals surface area contributed by atoms with Crippen molar-refractivity contribution < 1.29 is 10.0 Å². The van der Waals surface area contributed by atoms with Crippen molar-refractivity contribution in [2.45, 2.75) is 18.6 Å². The predicted molar refractivity (Wildman–Crippen MR) is 88.4 cm³/mol. The first-order valence-electron chi connectivity index (χ1n) is 6.40. The van der Waals surface area contributed by atoms with Crippen LogP contribution in [0.1, 0.15) is 17.2 Å². The van der Waals surface area contributed by atoms with E-state index in [1.54, 1.807) is 0 Å². The average molecular weight is 343 g/mol. The molecule has 0 radical (unpaired) electrons. The number of nitro benzene ring substituents is 1. The first kappa shape index (κ1) is 18.4. The van der Waals surface area contributed by atoms with E-state index >= 15 is 0 Å². The Bertz CT molecular complexity index is 638. The van der Waals surface area contributed by atoms with Gasteiger partial charge in [0.1, 0.15) is 0 Å². The molecule has 3 N–H and O–H groups in total. The number of aliphatic hydroxyl groups excluding tert-OH is 1. The van der Waals surface area contributed by atoms with Crippen molar-refractivity contribution in [3.63, 3.8) is 0 Å². The summed E-state index contributed by atoms with van der Waals surface area (Å²) in [5.41, 5.74) is 7.20. The number of halogens is 2. The maximum Gasteiger partial charge on any atom is 0.269 e. The van der Waals surface area contributed by atoms with Gasteiger partial charge in [0.05, 0.1) is 17.1 Å². The second-order valence-corrected chi connectivity index (χ2v) is 5.15. The topological polar surface area (TPSA) is 89.4 Å². The average Bonchev–Trinajstić information content (AvgIpc) is 2.47. The van der Waals surface area contributed by atoms with Gasteiger partial charge in [0.2, 0.25) is 0 Å². The van der Waals surface area contributed by atoms with Crippen LogP contribution in [0.5, 0.6) is 0 Å². The maximum atomic E-state index is 10.8. The number of non-ortho nitro benzene ring substituents is 1. The van der Waals surface area contributed by atoms with Gasteiger partial charge in [-0.2, -0.15) is 0 Å². The molecule has 5 nitrogen and oxygen atoms in total. The molecule has 0 bridgehead atoms. The summed E-state index contributed by atoms with van der Waals surface area (Å²) in [7, 11) is 0. The zero-order valence-electron chi connectivity index (χ0n) is 11.6. The van der Waals surface area contributed by atoms with Crippen LogP contribution in [0.4, 0.5) is 5.69 Å². The van der Waals surface area contributed by atoms with Gasteiger partial charge in [-0.15, -0.1) is 12.4 Å². The summed E-state index contributed by atoms with van der Waals surface area (Å²) in [6, 6.07) is 12.6. The maximum absolute atomic E-state index is 10.8.